The number of aromatic nitrogens is 2. The van der Waals surface area contributed by atoms with Crippen molar-refractivity contribution in [3.05, 3.63) is 40.4 Å². The summed E-state index contributed by atoms with van der Waals surface area (Å²) in [6.45, 7) is 2.89. The van der Waals surface area contributed by atoms with Gasteiger partial charge in [-0.3, -0.25) is 4.79 Å². The summed E-state index contributed by atoms with van der Waals surface area (Å²) < 4.78 is 0. The highest BCUT2D eigenvalue weighted by Crippen LogP contribution is 2.26. The van der Waals surface area contributed by atoms with Crippen LogP contribution in [0, 0.1) is 5.92 Å². The van der Waals surface area contributed by atoms with E-state index in [9.17, 15) is 4.79 Å². The topological polar surface area (TPSA) is 57.8 Å². The summed E-state index contributed by atoms with van der Waals surface area (Å²) in [7, 11) is 0. The minimum absolute atomic E-state index is 0.0561. The highest BCUT2D eigenvalue weighted by atomic mass is 16.1. The van der Waals surface area contributed by atoms with Gasteiger partial charge in [-0.2, -0.15) is 0 Å². The molecular formula is C14H17N3O. The van der Waals surface area contributed by atoms with E-state index in [-0.39, 0.29) is 5.56 Å². The molecule has 1 saturated carbocycles. The number of hydrogen-bond donors (Lipinski definition) is 2. The van der Waals surface area contributed by atoms with Gasteiger partial charge in [0.15, 0.2) is 0 Å². The van der Waals surface area contributed by atoms with E-state index in [4.69, 9.17) is 0 Å². The van der Waals surface area contributed by atoms with Crippen LogP contribution in [-0.4, -0.2) is 16.0 Å². The first-order chi connectivity index (χ1) is 8.72. The molecule has 1 heterocycles. The molecule has 0 spiro atoms. The first-order valence-electron chi connectivity index (χ1n) is 6.43. The third-order valence-corrected chi connectivity index (χ3v) is 3.59. The van der Waals surface area contributed by atoms with Crippen molar-refractivity contribution in [2.24, 2.45) is 5.92 Å². The Morgan fingerprint density at radius 3 is 2.94 bits per heavy atom. The van der Waals surface area contributed by atoms with E-state index < -0.39 is 0 Å². The van der Waals surface area contributed by atoms with Gasteiger partial charge in [0.2, 0.25) is 0 Å². The summed E-state index contributed by atoms with van der Waals surface area (Å²) in [6.07, 6.45) is 2.44. The molecule has 3 rings (SSSR count). The summed E-state index contributed by atoms with van der Waals surface area (Å²) in [5.74, 6) is 1.55. The number of aromatic amines is 1. The van der Waals surface area contributed by atoms with Gasteiger partial charge >= 0.3 is 0 Å². The standard InChI is InChI=1S/C14H17N3O/c1-9-6-10(7-9)15-8-13-16-12-5-3-2-4-11(12)14(18)17-13/h2-5,9-10,15H,6-8H2,1H3,(H,16,17,18). The van der Waals surface area contributed by atoms with Gasteiger partial charge in [0.05, 0.1) is 17.4 Å². The van der Waals surface area contributed by atoms with Crippen molar-refractivity contribution in [1.82, 2.24) is 15.3 Å². The zero-order valence-corrected chi connectivity index (χ0v) is 10.4. The van der Waals surface area contributed by atoms with E-state index in [0.717, 1.165) is 17.3 Å². The Bertz CT molecular complexity index is 614. The van der Waals surface area contributed by atoms with Crippen molar-refractivity contribution < 1.29 is 0 Å². The molecule has 18 heavy (non-hydrogen) atoms. The number of fused-ring (bicyclic) bond motifs is 1. The molecule has 1 fully saturated rings. The van der Waals surface area contributed by atoms with Crippen LogP contribution in [-0.2, 0) is 6.54 Å². The zero-order chi connectivity index (χ0) is 12.5. The van der Waals surface area contributed by atoms with Crippen molar-refractivity contribution in [1.29, 1.82) is 0 Å². The number of H-pyrrole nitrogens is 1. The monoisotopic (exact) mass is 243 g/mol. The van der Waals surface area contributed by atoms with Gasteiger partial charge in [0.1, 0.15) is 5.82 Å². The fourth-order valence-electron chi connectivity index (χ4n) is 2.53. The first kappa shape index (κ1) is 11.4. The molecule has 2 N–H and O–H groups in total. The number of rotatable bonds is 3. The molecule has 94 valence electrons. The Morgan fingerprint density at radius 2 is 2.17 bits per heavy atom. The predicted octanol–water partition coefficient (Wildman–Crippen LogP) is 1.81. The summed E-state index contributed by atoms with van der Waals surface area (Å²) in [4.78, 5) is 19.2. The largest absolute Gasteiger partial charge is 0.309 e. The summed E-state index contributed by atoms with van der Waals surface area (Å²) >= 11 is 0. The number of nitrogens with one attached hydrogen (secondary N) is 2. The Kier molecular flexibility index (Phi) is 2.88. The van der Waals surface area contributed by atoms with Gasteiger partial charge < -0.3 is 10.3 Å². The maximum absolute atomic E-state index is 11.9. The molecule has 4 nitrogen and oxygen atoms in total. The lowest BCUT2D eigenvalue weighted by Gasteiger charge is -2.33. The Labute approximate surface area is 105 Å². The van der Waals surface area contributed by atoms with Crippen molar-refractivity contribution in [3.63, 3.8) is 0 Å². The minimum atomic E-state index is -0.0561. The second kappa shape index (κ2) is 4.53. The van der Waals surface area contributed by atoms with E-state index in [1.54, 1.807) is 6.07 Å². The zero-order valence-electron chi connectivity index (χ0n) is 10.4. The third kappa shape index (κ3) is 2.16. The Balaban J connectivity index is 1.78. The van der Waals surface area contributed by atoms with Crippen LogP contribution in [0.15, 0.2) is 29.1 Å². The lowest BCUT2D eigenvalue weighted by Crippen LogP contribution is -2.40. The number of para-hydroxylation sites is 1. The van der Waals surface area contributed by atoms with E-state index in [1.807, 2.05) is 18.2 Å². The van der Waals surface area contributed by atoms with E-state index in [1.165, 1.54) is 12.8 Å². The van der Waals surface area contributed by atoms with Gasteiger partial charge in [-0.05, 0) is 30.9 Å². The molecule has 4 heteroatoms. The summed E-state index contributed by atoms with van der Waals surface area (Å²) in [6, 6.07) is 8.01. The minimum Gasteiger partial charge on any atom is -0.309 e. The fraction of sp³-hybridized carbons (Fsp3) is 0.429. The van der Waals surface area contributed by atoms with E-state index in [2.05, 4.69) is 22.2 Å². The average Bonchev–Trinajstić information content (AvgIpc) is 2.33. The van der Waals surface area contributed by atoms with Crippen LogP contribution in [0.3, 0.4) is 0 Å². The predicted molar refractivity (Wildman–Crippen MR) is 71.4 cm³/mol. The van der Waals surface area contributed by atoms with Gasteiger partial charge in [0.25, 0.3) is 5.56 Å². The van der Waals surface area contributed by atoms with E-state index in [0.29, 0.717) is 18.0 Å². The van der Waals surface area contributed by atoms with Crippen molar-refractivity contribution in [2.75, 3.05) is 0 Å². The van der Waals surface area contributed by atoms with Crippen molar-refractivity contribution in [3.8, 4) is 0 Å². The van der Waals surface area contributed by atoms with Gasteiger partial charge in [0, 0.05) is 6.04 Å². The number of hydrogen-bond acceptors (Lipinski definition) is 3. The average molecular weight is 243 g/mol. The van der Waals surface area contributed by atoms with Crippen LogP contribution in [0.2, 0.25) is 0 Å². The van der Waals surface area contributed by atoms with Crippen LogP contribution in [0.1, 0.15) is 25.6 Å². The van der Waals surface area contributed by atoms with Crippen molar-refractivity contribution in [2.45, 2.75) is 32.4 Å². The van der Waals surface area contributed by atoms with E-state index >= 15 is 0 Å². The first-order valence-corrected chi connectivity index (χ1v) is 6.43. The second-order valence-corrected chi connectivity index (χ2v) is 5.18. The highest BCUT2D eigenvalue weighted by Gasteiger charge is 2.24. The molecule has 0 bridgehead atoms. The third-order valence-electron chi connectivity index (χ3n) is 3.59. The van der Waals surface area contributed by atoms with Crippen LogP contribution in [0.4, 0.5) is 0 Å². The molecular weight excluding hydrogens is 226 g/mol. The van der Waals surface area contributed by atoms with Gasteiger partial charge in [-0.1, -0.05) is 19.1 Å². The quantitative estimate of drug-likeness (QED) is 0.864. The molecule has 1 aromatic carbocycles. The number of nitrogens with zero attached hydrogens (tertiary/aromatic N) is 1. The lowest BCUT2D eigenvalue weighted by molar-refractivity contribution is 0.239. The summed E-state index contributed by atoms with van der Waals surface area (Å²) in [5, 5.41) is 4.08. The van der Waals surface area contributed by atoms with Crippen LogP contribution in [0.5, 0.6) is 0 Å². The maximum Gasteiger partial charge on any atom is 0.258 e. The van der Waals surface area contributed by atoms with Gasteiger partial charge in [-0.15, -0.1) is 0 Å². The SMILES string of the molecule is CC1CC(NCc2nc3ccccc3c(=O)[nH]2)C1. The normalized spacial score (nSPS) is 22.9. The highest BCUT2D eigenvalue weighted by molar-refractivity contribution is 5.77. The molecule has 0 unspecified atom stereocenters. The van der Waals surface area contributed by atoms with Crippen molar-refractivity contribution >= 4 is 10.9 Å². The molecule has 1 aliphatic carbocycles. The molecule has 2 aromatic rings. The van der Waals surface area contributed by atoms with Crippen LogP contribution >= 0.6 is 0 Å². The molecule has 0 radical (unpaired) electrons. The molecule has 0 aliphatic heterocycles. The Hall–Kier alpha value is -1.68. The van der Waals surface area contributed by atoms with Gasteiger partial charge in [-0.25, -0.2) is 4.98 Å². The maximum atomic E-state index is 11.9. The molecule has 0 amide bonds. The lowest BCUT2D eigenvalue weighted by atomic mass is 9.82. The second-order valence-electron chi connectivity index (χ2n) is 5.18. The van der Waals surface area contributed by atoms with Crippen LogP contribution < -0.4 is 10.9 Å². The number of benzene rings is 1. The molecule has 1 aromatic heterocycles. The fourth-order valence-corrected chi connectivity index (χ4v) is 2.53. The smallest absolute Gasteiger partial charge is 0.258 e. The van der Waals surface area contributed by atoms with Crippen LogP contribution in [0.25, 0.3) is 10.9 Å². The Morgan fingerprint density at radius 1 is 1.39 bits per heavy atom. The molecule has 0 saturated heterocycles. The molecule has 0 atom stereocenters. The summed E-state index contributed by atoms with van der Waals surface area (Å²) in [5.41, 5.74) is 0.708. The molecule has 1 aliphatic rings.